The van der Waals surface area contributed by atoms with E-state index in [1.54, 1.807) is 0 Å². The van der Waals surface area contributed by atoms with E-state index >= 15 is 0 Å². The van der Waals surface area contributed by atoms with Gasteiger partial charge in [0.1, 0.15) is 5.76 Å². The van der Waals surface area contributed by atoms with Gasteiger partial charge in [-0.3, -0.25) is 0 Å². The van der Waals surface area contributed by atoms with Crippen LogP contribution < -0.4 is 0 Å². The van der Waals surface area contributed by atoms with Crippen molar-refractivity contribution in [3.63, 3.8) is 0 Å². The van der Waals surface area contributed by atoms with Gasteiger partial charge in [0.05, 0.1) is 6.10 Å². The molecule has 0 aromatic heterocycles. The first-order valence-electron chi connectivity index (χ1n) is 8.77. The monoisotopic (exact) mass is 302 g/mol. The molecule has 0 saturated carbocycles. The SMILES string of the molecule is C=C(O[C@H]1CCC[C@@H](CCCCCC)O1)c1ccc(C)cc1. The third-order valence-electron chi connectivity index (χ3n) is 4.34. The van der Waals surface area contributed by atoms with Gasteiger partial charge in [-0.25, -0.2) is 0 Å². The van der Waals surface area contributed by atoms with Crippen molar-refractivity contribution in [2.24, 2.45) is 0 Å². The Bertz CT molecular complexity index is 449. The number of benzene rings is 1. The summed E-state index contributed by atoms with van der Waals surface area (Å²) in [4.78, 5) is 0. The highest BCUT2D eigenvalue weighted by atomic mass is 16.7. The largest absolute Gasteiger partial charge is 0.465 e. The third kappa shape index (κ3) is 5.49. The van der Waals surface area contributed by atoms with Gasteiger partial charge in [-0.2, -0.15) is 0 Å². The molecule has 0 amide bonds. The minimum Gasteiger partial charge on any atom is -0.465 e. The molecule has 2 nitrogen and oxygen atoms in total. The van der Waals surface area contributed by atoms with Crippen LogP contribution in [0.25, 0.3) is 5.76 Å². The second-order valence-electron chi connectivity index (χ2n) is 6.37. The van der Waals surface area contributed by atoms with E-state index < -0.39 is 0 Å². The molecular formula is C20H30O2. The molecule has 1 aromatic carbocycles. The molecule has 1 saturated heterocycles. The van der Waals surface area contributed by atoms with E-state index in [0.29, 0.717) is 6.10 Å². The second-order valence-corrected chi connectivity index (χ2v) is 6.37. The maximum Gasteiger partial charge on any atom is 0.200 e. The fourth-order valence-corrected chi connectivity index (χ4v) is 2.93. The van der Waals surface area contributed by atoms with Crippen LogP contribution in [0.4, 0.5) is 0 Å². The molecule has 0 aliphatic carbocycles. The summed E-state index contributed by atoms with van der Waals surface area (Å²) in [5, 5.41) is 0. The van der Waals surface area contributed by atoms with Gasteiger partial charge >= 0.3 is 0 Å². The summed E-state index contributed by atoms with van der Waals surface area (Å²) in [5.74, 6) is 0.719. The van der Waals surface area contributed by atoms with Crippen LogP contribution in [0.3, 0.4) is 0 Å². The molecule has 122 valence electrons. The van der Waals surface area contributed by atoms with Crippen LogP contribution in [-0.4, -0.2) is 12.4 Å². The van der Waals surface area contributed by atoms with Crippen molar-refractivity contribution in [1.29, 1.82) is 0 Å². The fourth-order valence-electron chi connectivity index (χ4n) is 2.93. The smallest absolute Gasteiger partial charge is 0.200 e. The van der Waals surface area contributed by atoms with Gasteiger partial charge in [-0.15, -0.1) is 0 Å². The molecule has 0 spiro atoms. The quantitative estimate of drug-likeness (QED) is 0.443. The number of aryl methyl sites for hydroxylation is 1. The highest BCUT2D eigenvalue weighted by Crippen LogP contribution is 2.27. The Morgan fingerprint density at radius 1 is 1.18 bits per heavy atom. The van der Waals surface area contributed by atoms with Crippen molar-refractivity contribution >= 4 is 5.76 Å². The predicted molar refractivity (Wildman–Crippen MR) is 92.6 cm³/mol. The molecule has 1 fully saturated rings. The van der Waals surface area contributed by atoms with Crippen molar-refractivity contribution in [2.75, 3.05) is 0 Å². The van der Waals surface area contributed by atoms with Gasteiger partial charge in [0.15, 0.2) is 6.29 Å². The maximum atomic E-state index is 6.10. The normalized spacial score (nSPS) is 21.5. The summed E-state index contributed by atoms with van der Waals surface area (Å²) in [6, 6.07) is 8.29. The predicted octanol–water partition coefficient (Wildman–Crippen LogP) is 5.85. The lowest BCUT2D eigenvalue weighted by Crippen LogP contribution is -2.29. The Balaban J connectivity index is 1.77. The summed E-state index contributed by atoms with van der Waals surface area (Å²) in [6.45, 7) is 8.39. The molecule has 0 bridgehead atoms. The van der Waals surface area contributed by atoms with Crippen LogP contribution >= 0.6 is 0 Å². The summed E-state index contributed by atoms with van der Waals surface area (Å²) < 4.78 is 12.1. The number of unbranched alkanes of at least 4 members (excludes halogenated alkanes) is 3. The molecule has 1 aromatic rings. The minimum absolute atomic E-state index is 0.126. The first-order chi connectivity index (χ1) is 10.7. The van der Waals surface area contributed by atoms with E-state index in [1.807, 2.05) is 0 Å². The van der Waals surface area contributed by atoms with Crippen molar-refractivity contribution in [3.8, 4) is 0 Å². The lowest BCUT2D eigenvalue weighted by Gasteiger charge is -2.31. The molecule has 2 rings (SSSR count). The van der Waals surface area contributed by atoms with Gasteiger partial charge in [0, 0.05) is 12.0 Å². The second kappa shape index (κ2) is 8.99. The van der Waals surface area contributed by atoms with Gasteiger partial charge in [-0.1, -0.05) is 69.0 Å². The number of ether oxygens (including phenoxy) is 2. The van der Waals surface area contributed by atoms with Crippen molar-refractivity contribution in [3.05, 3.63) is 42.0 Å². The van der Waals surface area contributed by atoms with Crippen LogP contribution in [0.1, 0.15) is 69.4 Å². The molecular weight excluding hydrogens is 272 g/mol. The zero-order chi connectivity index (χ0) is 15.8. The third-order valence-corrected chi connectivity index (χ3v) is 4.34. The van der Waals surface area contributed by atoms with E-state index in [2.05, 4.69) is 44.7 Å². The van der Waals surface area contributed by atoms with Gasteiger partial charge in [0.2, 0.25) is 0 Å². The van der Waals surface area contributed by atoms with Crippen LogP contribution in [0.2, 0.25) is 0 Å². The van der Waals surface area contributed by atoms with Gasteiger partial charge in [0.25, 0.3) is 0 Å². The van der Waals surface area contributed by atoms with Crippen molar-refractivity contribution in [2.45, 2.75) is 77.6 Å². The Hall–Kier alpha value is -1.28. The Morgan fingerprint density at radius 2 is 1.95 bits per heavy atom. The topological polar surface area (TPSA) is 18.5 Å². The van der Waals surface area contributed by atoms with E-state index in [0.717, 1.165) is 24.2 Å². The van der Waals surface area contributed by atoms with Crippen LogP contribution in [-0.2, 0) is 9.47 Å². The zero-order valence-electron chi connectivity index (χ0n) is 14.1. The van der Waals surface area contributed by atoms with E-state index in [4.69, 9.17) is 9.47 Å². The zero-order valence-corrected chi connectivity index (χ0v) is 14.1. The number of hydrogen-bond acceptors (Lipinski definition) is 2. The van der Waals surface area contributed by atoms with Gasteiger partial charge in [-0.05, 0) is 26.2 Å². The number of hydrogen-bond donors (Lipinski definition) is 0. The van der Waals surface area contributed by atoms with E-state index in [1.165, 1.54) is 44.1 Å². The molecule has 0 radical (unpaired) electrons. The molecule has 2 heteroatoms. The molecule has 0 unspecified atom stereocenters. The molecule has 1 aliphatic rings. The highest BCUT2D eigenvalue weighted by Gasteiger charge is 2.23. The minimum atomic E-state index is -0.126. The lowest BCUT2D eigenvalue weighted by atomic mass is 10.0. The van der Waals surface area contributed by atoms with Crippen LogP contribution in [0.15, 0.2) is 30.8 Å². The average Bonchev–Trinajstić information content (AvgIpc) is 2.52. The van der Waals surface area contributed by atoms with Crippen LogP contribution in [0.5, 0.6) is 0 Å². The Kier molecular flexibility index (Phi) is 6.98. The van der Waals surface area contributed by atoms with Crippen molar-refractivity contribution < 1.29 is 9.47 Å². The lowest BCUT2D eigenvalue weighted by molar-refractivity contribution is -0.161. The summed E-state index contributed by atoms with van der Waals surface area (Å²) >= 11 is 0. The van der Waals surface area contributed by atoms with Gasteiger partial charge < -0.3 is 9.47 Å². The maximum absolute atomic E-state index is 6.10. The fraction of sp³-hybridized carbons (Fsp3) is 0.600. The summed E-state index contributed by atoms with van der Waals surface area (Å²) in [7, 11) is 0. The summed E-state index contributed by atoms with van der Waals surface area (Å²) in [6.07, 6.45) is 9.92. The molecule has 1 heterocycles. The standard InChI is InChI=1S/C20H30O2/c1-4-5-6-7-9-19-10-8-11-20(22-19)21-17(3)18-14-12-16(2)13-15-18/h12-15,19-20H,3-11H2,1-2H3/t19-,20-/m1/s1. The number of rotatable bonds is 8. The molecule has 0 N–H and O–H groups in total. The molecule has 1 aliphatic heterocycles. The highest BCUT2D eigenvalue weighted by molar-refractivity contribution is 5.57. The molecule has 22 heavy (non-hydrogen) atoms. The summed E-state index contributed by atoms with van der Waals surface area (Å²) in [5.41, 5.74) is 2.29. The van der Waals surface area contributed by atoms with E-state index in [-0.39, 0.29) is 6.29 Å². The Labute approximate surface area is 135 Å². The van der Waals surface area contributed by atoms with Crippen LogP contribution in [0, 0.1) is 6.92 Å². The first-order valence-corrected chi connectivity index (χ1v) is 8.77. The Morgan fingerprint density at radius 3 is 2.68 bits per heavy atom. The molecule has 2 atom stereocenters. The average molecular weight is 302 g/mol. The first kappa shape index (κ1) is 17.1. The van der Waals surface area contributed by atoms with E-state index in [9.17, 15) is 0 Å². The van der Waals surface area contributed by atoms with Crippen molar-refractivity contribution in [1.82, 2.24) is 0 Å².